The summed E-state index contributed by atoms with van der Waals surface area (Å²) in [4.78, 5) is 47.4. The molecule has 0 fully saturated rings. The van der Waals surface area contributed by atoms with Gasteiger partial charge in [0.1, 0.15) is 11.4 Å². The third kappa shape index (κ3) is 4.47. The summed E-state index contributed by atoms with van der Waals surface area (Å²) in [6, 6.07) is 13.7. The Morgan fingerprint density at radius 1 is 1.04 bits per heavy atom. The van der Waals surface area contributed by atoms with Crippen molar-refractivity contribution in [1.29, 1.82) is 0 Å². The Morgan fingerprint density at radius 3 is 2.46 bits per heavy atom. The molecule has 0 aliphatic carbocycles. The summed E-state index contributed by atoms with van der Waals surface area (Å²) in [5.41, 5.74) is 7.15. The largest absolute Gasteiger partial charge is 0.363 e. The van der Waals surface area contributed by atoms with Crippen LogP contribution >= 0.6 is 0 Å². The highest BCUT2D eigenvalue weighted by Gasteiger charge is 2.27. The van der Waals surface area contributed by atoms with E-state index in [1.165, 1.54) is 6.33 Å². The van der Waals surface area contributed by atoms with E-state index in [0.717, 1.165) is 5.56 Å². The normalized spacial score (nSPS) is 11.6. The number of nitrogens with one attached hydrogen (secondary N) is 2. The van der Waals surface area contributed by atoms with E-state index < -0.39 is 23.6 Å². The number of nitrogens with zero attached hydrogens (tertiary/aromatic N) is 2. The lowest BCUT2D eigenvalue weighted by Crippen LogP contribution is -2.46. The Hall–Kier alpha value is -3.81. The lowest BCUT2D eigenvalue weighted by molar-refractivity contribution is -0.137. The van der Waals surface area contributed by atoms with Gasteiger partial charge in [-0.25, -0.2) is 4.98 Å². The van der Waals surface area contributed by atoms with Crippen LogP contribution in [0.2, 0.25) is 0 Å². The SMILES string of the molecule is NC(=O)C(=O)C(CCc1ccccc1)NC(=O)c1[nH]cnc1-c1ccccn1. The number of primary amides is 1. The minimum Gasteiger partial charge on any atom is -0.363 e. The van der Waals surface area contributed by atoms with Crippen molar-refractivity contribution in [2.45, 2.75) is 18.9 Å². The number of aryl methyl sites for hydroxylation is 1. The van der Waals surface area contributed by atoms with E-state index in [1.54, 1.807) is 24.4 Å². The standard InChI is InChI=1S/C20H19N5O3/c21-19(27)18(26)15(10-9-13-6-2-1-3-7-13)25-20(28)17-16(23-12-24-17)14-8-4-5-11-22-14/h1-8,11-12,15H,9-10H2,(H2,21,27)(H,23,24)(H,25,28). The first-order chi connectivity index (χ1) is 13.6. The summed E-state index contributed by atoms with van der Waals surface area (Å²) in [7, 11) is 0. The fourth-order valence-corrected chi connectivity index (χ4v) is 2.79. The van der Waals surface area contributed by atoms with Gasteiger partial charge in [-0.3, -0.25) is 19.4 Å². The second kappa shape index (κ2) is 8.72. The van der Waals surface area contributed by atoms with Crippen molar-refractivity contribution >= 4 is 17.6 Å². The number of ketones is 1. The van der Waals surface area contributed by atoms with Crippen LogP contribution < -0.4 is 11.1 Å². The molecule has 8 heteroatoms. The van der Waals surface area contributed by atoms with Crippen molar-refractivity contribution in [3.8, 4) is 11.4 Å². The van der Waals surface area contributed by atoms with Gasteiger partial charge in [-0.05, 0) is 30.5 Å². The van der Waals surface area contributed by atoms with Crippen molar-refractivity contribution in [1.82, 2.24) is 20.3 Å². The van der Waals surface area contributed by atoms with Gasteiger partial charge in [-0.1, -0.05) is 36.4 Å². The smallest absolute Gasteiger partial charge is 0.287 e. The Kier molecular flexibility index (Phi) is 5.91. The molecule has 0 aliphatic rings. The third-order valence-corrected chi connectivity index (χ3v) is 4.20. The fourth-order valence-electron chi connectivity index (χ4n) is 2.79. The molecule has 1 unspecified atom stereocenters. The first-order valence-corrected chi connectivity index (χ1v) is 8.69. The zero-order valence-corrected chi connectivity index (χ0v) is 15.0. The second-order valence-electron chi connectivity index (χ2n) is 6.12. The monoisotopic (exact) mass is 377 g/mol. The molecule has 0 aliphatic heterocycles. The highest BCUT2D eigenvalue weighted by Crippen LogP contribution is 2.17. The van der Waals surface area contributed by atoms with Gasteiger partial charge >= 0.3 is 0 Å². The van der Waals surface area contributed by atoms with Crippen molar-refractivity contribution in [2.75, 3.05) is 0 Å². The highest BCUT2D eigenvalue weighted by molar-refractivity contribution is 6.38. The first-order valence-electron chi connectivity index (χ1n) is 8.69. The molecule has 1 aromatic carbocycles. The number of carbonyl (C=O) groups excluding carboxylic acids is 3. The summed E-state index contributed by atoms with van der Waals surface area (Å²) in [6.45, 7) is 0. The highest BCUT2D eigenvalue weighted by atomic mass is 16.2. The molecule has 0 bridgehead atoms. The number of H-pyrrole nitrogens is 1. The quantitative estimate of drug-likeness (QED) is 0.509. The average molecular weight is 377 g/mol. The van der Waals surface area contributed by atoms with Crippen LogP contribution in [0.1, 0.15) is 22.5 Å². The van der Waals surface area contributed by atoms with Gasteiger partial charge in [0.05, 0.1) is 18.1 Å². The van der Waals surface area contributed by atoms with Gasteiger partial charge in [0.2, 0.25) is 5.78 Å². The van der Waals surface area contributed by atoms with Crippen molar-refractivity contribution in [2.24, 2.45) is 5.73 Å². The van der Waals surface area contributed by atoms with Crippen LogP contribution in [0.5, 0.6) is 0 Å². The molecule has 8 nitrogen and oxygen atoms in total. The molecule has 1 atom stereocenters. The summed E-state index contributed by atoms with van der Waals surface area (Å²) in [5.74, 6) is -2.50. The van der Waals surface area contributed by atoms with Crippen LogP contribution in [-0.2, 0) is 16.0 Å². The molecule has 2 aromatic heterocycles. The number of hydrogen-bond donors (Lipinski definition) is 3. The lowest BCUT2D eigenvalue weighted by atomic mass is 10.0. The molecule has 0 spiro atoms. The van der Waals surface area contributed by atoms with E-state index in [4.69, 9.17) is 5.73 Å². The molecule has 28 heavy (non-hydrogen) atoms. The van der Waals surface area contributed by atoms with E-state index in [-0.39, 0.29) is 12.1 Å². The zero-order chi connectivity index (χ0) is 19.9. The van der Waals surface area contributed by atoms with Crippen molar-refractivity contribution in [3.05, 3.63) is 72.3 Å². The van der Waals surface area contributed by atoms with E-state index >= 15 is 0 Å². The van der Waals surface area contributed by atoms with Gasteiger partial charge in [-0.2, -0.15) is 0 Å². The van der Waals surface area contributed by atoms with Crippen molar-refractivity contribution < 1.29 is 14.4 Å². The predicted molar refractivity (Wildman–Crippen MR) is 102 cm³/mol. The van der Waals surface area contributed by atoms with Crippen LogP contribution in [-0.4, -0.2) is 38.6 Å². The van der Waals surface area contributed by atoms with Crippen LogP contribution in [0.15, 0.2) is 61.1 Å². The number of pyridine rings is 1. The van der Waals surface area contributed by atoms with Gasteiger partial charge in [0.15, 0.2) is 0 Å². The van der Waals surface area contributed by atoms with E-state index in [0.29, 0.717) is 17.8 Å². The summed E-state index contributed by atoms with van der Waals surface area (Å²) in [5, 5.41) is 2.59. The molecule has 142 valence electrons. The number of carbonyl (C=O) groups is 3. The molecule has 4 N–H and O–H groups in total. The molecule has 0 saturated carbocycles. The summed E-state index contributed by atoms with van der Waals surface area (Å²) in [6.07, 6.45) is 3.70. The number of aromatic nitrogens is 3. The predicted octanol–water partition coefficient (Wildman–Crippen LogP) is 1.26. The lowest BCUT2D eigenvalue weighted by Gasteiger charge is -2.16. The molecular formula is C20H19N5O3. The number of nitrogens with two attached hydrogens (primary N) is 1. The molecule has 0 radical (unpaired) electrons. The first kappa shape index (κ1) is 19.0. The van der Waals surface area contributed by atoms with Gasteiger partial charge in [-0.15, -0.1) is 0 Å². The second-order valence-corrected chi connectivity index (χ2v) is 6.12. The van der Waals surface area contributed by atoms with Gasteiger partial charge in [0, 0.05) is 6.20 Å². The maximum atomic E-state index is 12.7. The van der Waals surface area contributed by atoms with Gasteiger partial charge < -0.3 is 16.0 Å². The van der Waals surface area contributed by atoms with Crippen LogP contribution in [0.4, 0.5) is 0 Å². The van der Waals surface area contributed by atoms with E-state index in [9.17, 15) is 14.4 Å². The number of imidazole rings is 1. The topological polar surface area (TPSA) is 131 Å². The van der Waals surface area contributed by atoms with Crippen LogP contribution in [0.25, 0.3) is 11.4 Å². The molecule has 3 rings (SSSR count). The number of hydrogen-bond acceptors (Lipinski definition) is 5. The van der Waals surface area contributed by atoms with E-state index in [1.807, 2.05) is 30.3 Å². The summed E-state index contributed by atoms with van der Waals surface area (Å²) < 4.78 is 0. The Labute approximate surface area is 161 Å². The number of benzene rings is 1. The zero-order valence-electron chi connectivity index (χ0n) is 15.0. The molecule has 0 saturated heterocycles. The molecule has 3 aromatic rings. The summed E-state index contributed by atoms with van der Waals surface area (Å²) >= 11 is 0. The Bertz CT molecular complexity index is 970. The average Bonchev–Trinajstić information content (AvgIpc) is 3.22. The number of amides is 2. The molecule has 2 amide bonds. The minimum atomic E-state index is -1.09. The molecular weight excluding hydrogens is 358 g/mol. The Morgan fingerprint density at radius 2 is 1.79 bits per heavy atom. The maximum absolute atomic E-state index is 12.7. The number of aromatic amines is 1. The van der Waals surface area contributed by atoms with Crippen LogP contribution in [0, 0.1) is 0 Å². The minimum absolute atomic E-state index is 0.153. The number of rotatable bonds is 8. The number of Topliss-reactive ketones (excluding diaryl/α,β-unsaturated/α-hetero) is 1. The van der Waals surface area contributed by atoms with Crippen molar-refractivity contribution in [3.63, 3.8) is 0 Å². The third-order valence-electron chi connectivity index (χ3n) is 4.20. The van der Waals surface area contributed by atoms with Gasteiger partial charge in [0.25, 0.3) is 11.8 Å². The van der Waals surface area contributed by atoms with E-state index in [2.05, 4.69) is 20.3 Å². The van der Waals surface area contributed by atoms with Crippen LogP contribution in [0.3, 0.4) is 0 Å². The molecule has 2 heterocycles. The Balaban J connectivity index is 1.77. The fraction of sp³-hybridized carbons (Fsp3) is 0.150. The maximum Gasteiger partial charge on any atom is 0.287 e.